The summed E-state index contributed by atoms with van der Waals surface area (Å²) in [6.07, 6.45) is 0.0901. The number of ether oxygens (including phenoxy) is 3. The number of aliphatic imine (C=N–C) groups is 1. The third-order valence-electron chi connectivity index (χ3n) is 7.00. The van der Waals surface area contributed by atoms with Crippen molar-refractivity contribution in [1.82, 2.24) is 14.8 Å². The number of rotatable bonds is 13. The van der Waals surface area contributed by atoms with Crippen LogP contribution in [-0.4, -0.2) is 66.0 Å². The van der Waals surface area contributed by atoms with Gasteiger partial charge >= 0.3 is 0 Å². The molecule has 1 amide bonds. The second-order valence-electron chi connectivity index (χ2n) is 10.0. The van der Waals surface area contributed by atoms with Crippen LogP contribution in [0.1, 0.15) is 45.7 Å². The summed E-state index contributed by atoms with van der Waals surface area (Å²) in [6, 6.07) is 14.3. The SMILES string of the molecule is Cc1sc2c(c1C)C(c1ccc(Cl)cc1)=N[C@@H](CC(=O)Nc1ccc(OCCOCCOCCN)cc1)c1nnc(C)n1-2. The molecule has 43 heavy (non-hydrogen) atoms. The summed E-state index contributed by atoms with van der Waals surface area (Å²) in [5.74, 6) is 1.88. The van der Waals surface area contributed by atoms with Crippen LogP contribution < -0.4 is 15.8 Å². The van der Waals surface area contributed by atoms with E-state index in [1.807, 2.05) is 47.9 Å². The van der Waals surface area contributed by atoms with Gasteiger partial charge in [0.2, 0.25) is 5.91 Å². The number of hydrogen-bond acceptors (Lipinski definition) is 9. The Labute approximate surface area is 259 Å². The number of thiophene rings is 1. The van der Waals surface area contributed by atoms with E-state index in [1.165, 1.54) is 4.88 Å². The summed E-state index contributed by atoms with van der Waals surface area (Å²) in [7, 11) is 0. The summed E-state index contributed by atoms with van der Waals surface area (Å²) in [4.78, 5) is 19.7. The molecule has 0 bridgehead atoms. The third-order valence-corrected chi connectivity index (χ3v) is 8.45. The van der Waals surface area contributed by atoms with E-state index in [1.54, 1.807) is 23.5 Å². The topological polar surface area (TPSA) is 126 Å². The van der Waals surface area contributed by atoms with Gasteiger partial charge in [-0.25, -0.2) is 0 Å². The normalized spacial score (nSPS) is 14.1. The number of nitrogens with one attached hydrogen (secondary N) is 1. The molecule has 0 saturated heterocycles. The van der Waals surface area contributed by atoms with Crippen molar-refractivity contribution in [1.29, 1.82) is 0 Å². The number of aromatic nitrogens is 3. The van der Waals surface area contributed by atoms with E-state index < -0.39 is 6.04 Å². The zero-order valence-electron chi connectivity index (χ0n) is 24.4. The molecule has 1 aliphatic heterocycles. The predicted molar refractivity (Wildman–Crippen MR) is 169 cm³/mol. The van der Waals surface area contributed by atoms with Gasteiger partial charge in [0.25, 0.3) is 0 Å². The molecule has 0 radical (unpaired) electrons. The number of anilines is 1. The molecule has 0 fully saturated rings. The highest BCUT2D eigenvalue weighted by atomic mass is 35.5. The lowest BCUT2D eigenvalue weighted by atomic mass is 9.99. The minimum atomic E-state index is -0.547. The van der Waals surface area contributed by atoms with Crippen molar-refractivity contribution >= 4 is 40.2 Å². The minimum absolute atomic E-state index is 0.0901. The van der Waals surface area contributed by atoms with Crippen molar-refractivity contribution < 1.29 is 19.0 Å². The van der Waals surface area contributed by atoms with Gasteiger partial charge in [-0.2, -0.15) is 0 Å². The Morgan fingerprint density at radius 3 is 2.40 bits per heavy atom. The maximum Gasteiger partial charge on any atom is 0.227 e. The second-order valence-corrected chi connectivity index (χ2v) is 11.7. The molecule has 4 aromatic rings. The van der Waals surface area contributed by atoms with Gasteiger partial charge in [0.1, 0.15) is 29.2 Å². The zero-order chi connectivity index (χ0) is 30.3. The first kappa shape index (κ1) is 30.8. The summed E-state index contributed by atoms with van der Waals surface area (Å²) in [5, 5.41) is 13.5. The average Bonchev–Trinajstić information content (AvgIpc) is 3.47. The van der Waals surface area contributed by atoms with E-state index in [0.717, 1.165) is 33.2 Å². The van der Waals surface area contributed by atoms with Crippen LogP contribution in [0.15, 0.2) is 53.5 Å². The lowest BCUT2D eigenvalue weighted by molar-refractivity contribution is -0.116. The van der Waals surface area contributed by atoms with Crippen LogP contribution in [-0.2, 0) is 14.3 Å². The first-order chi connectivity index (χ1) is 20.9. The van der Waals surface area contributed by atoms with Crippen LogP contribution in [0.2, 0.25) is 5.02 Å². The Morgan fingerprint density at radius 1 is 0.977 bits per heavy atom. The van der Waals surface area contributed by atoms with Gasteiger partial charge < -0.3 is 25.3 Å². The fourth-order valence-corrected chi connectivity index (χ4v) is 6.12. The lowest BCUT2D eigenvalue weighted by Gasteiger charge is -2.13. The molecule has 0 saturated carbocycles. The molecule has 3 N–H and O–H groups in total. The maximum absolute atomic E-state index is 13.3. The monoisotopic (exact) mass is 622 g/mol. The van der Waals surface area contributed by atoms with Crippen molar-refractivity contribution in [2.45, 2.75) is 33.2 Å². The Balaban J connectivity index is 1.29. The molecule has 0 unspecified atom stereocenters. The largest absolute Gasteiger partial charge is 0.491 e. The van der Waals surface area contributed by atoms with Crippen LogP contribution in [0.3, 0.4) is 0 Å². The van der Waals surface area contributed by atoms with Crippen molar-refractivity contribution in [2.24, 2.45) is 10.7 Å². The first-order valence-electron chi connectivity index (χ1n) is 14.1. The highest BCUT2D eigenvalue weighted by Gasteiger charge is 2.32. The van der Waals surface area contributed by atoms with E-state index in [-0.39, 0.29) is 12.3 Å². The molecule has 1 atom stereocenters. The van der Waals surface area contributed by atoms with E-state index >= 15 is 0 Å². The Kier molecular flexibility index (Phi) is 10.2. The van der Waals surface area contributed by atoms with Crippen LogP contribution in [0, 0.1) is 20.8 Å². The van der Waals surface area contributed by atoms with E-state index in [0.29, 0.717) is 61.9 Å². The minimum Gasteiger partial charge on any atom is -0.491 e. The van der Waals surface area contributed by atoms with Gasteiger partial charge in [-0.3, -0.25) is 14.4 Å². The highest BCUT2D eigenvalue weighted by Crippen LogP contribution is 2.39. The molecule has 5 rings (SSSR count). The van der Waals surface area contributed by atoms with Gasteiger partial charge in [-0.1, -0.05) is 23.7 Å². The van der Waals surface area contributed by atoms with Gasteiger partial charge in [-0.15, -0.1) is 21.5 Å². The van der Waals surface area contributed by atoms with Gasteiger partial charge in [0.05, 0.1) is 38.6 Å². The Hall–Kier alpha value is -3.61. The number of amides is 1. The van der Waals surface area contributed by atoms with Crippen molar-refractivity contribution in [3.63, 3.8) is 0 Å². The number of aryl methyl sites for hydroxylation is 2. The number of benzene rings is 2. The molecular weight excluding hydrogens is 588 g/mol. The van der Waals surface area contributed by atoms with Crippen LogP contribution >= 0.6 is 22.9 Å². The lowest BCUT2D eigenvalue weighted by Crippen LogP contribution is -2.17. The van der Waals surface area contributed by atoms with Crippen molar-refractivity contribution in [2.75, 3.05) is 44.9 Å². The Bertz CT molecular complexity index is 1580. The molecule has 12 heteroatoms. The fourth-order valence-electron chi connectivity index (χ4n) is 4.78. The highest BCUT2D eigenvalue weighted by molar-refractivity contribution is 7.15. The molecular formula is C31H35ClN6O4S. The molecule has 2 aromatic heterocycles. The van der Waals surface area contributed by atoms with Gasteiger partial charge in [-0.05, 0) is 62.7 Å². The van der Waals surface area contributed by atoms with Crippen molar-refractivity contribution in [3.8, 4) is 10.8 Å². The third kappa shape index (κ3) is 7.31. The summed E-state index contributed by atoms with van der Waals surface area (Å²) in [6.45, 7) is 8.99. The maximum atomic E-state index is 13.3. The number of carbonyl (C=O) groups excluding carboxylic acids is 1. The standard InChI is InChI=1S/C31H35ClN6O4S/c1-19-20(2)43-31-28(19)29(22-4-6-23(32)7-5-22)35-26(30-37-36-21(3)38(30)31)18-27(39)34-24-8-10-25(11-9-24)42-17-16-41-15-14-40-13-12-33/h4-11,26H,12-18,33H2,1-3H3,(H,34,39)/t26-/m0/s1. The molecule has 10 nitrogen and oxygen atoms in total. The van der Waals surface area contributed by atoms with E-state index in [4.69, 9.17) is 36.5 Å². The van der Waals surface area contributed by atoms with Crippen LogP contribution in [0.4, 0.5) is 5.69 Å². The van der Waals surface area contributed by atoms with E-state index in [2.05, 4.69) is 29.4 Å². The Morgan fingerprint density at radius 2 is 1.67 bits per heavy atom. The number of hydrogen-bond donors (Lipinski definition) is 2. The number of fused-ring (bicyclic) bond motifs is 3. The smallest absolute Gasteiger partial charge is 0.227 e. The number of nitrogens with two attached hydrogens (primary N) is 1. The summed E-state index contributed by atoms with van der Waals surface area (Å²) >= 11 is 7.88. The number of carbonyl (C=O) groups is 1. The molecule has 0 spiro atoms. The fraction of sp³-hybridized carbons (Fsp3) is 0.355. The van der Waals surface area contributed by atoms with Gasteiger partial charge in [0, 0.05) is 33.3 Å². The molecule has 226 valence electrons. The quantitative estimate of drug-likeness (QED) is 0.196. The van der Waals surface area contributed by atoms with Crippen LogP contribution in [0.5, 0.6) is 5.75 Å². The van der Waals surface area contributed by atoms with Crippen LogP contribution in [0.25, 0.3) is 5.00 Å². The van der Waals surface area contributed by atoms with E-state index in [9.17, 15) is 4.79 Å². The first-order valence-corrected chi connectivity index (χ1v) is 15.3. The van der Waals surface area contributed by atoms with Crippen molar-refractivity contribution in [3.05, 3.63) is 86.8 Å². The van der Waals surface area contributed by atoms with Gasteiger partial charge in [0.15, 0.2) is 5.82 Å². The predicted octanol–water partition coefficient (Wildman–Crippen LogP) is 5.20. The molecule has 2 aromatic carbocycles. The summed E-state index contributed by atoms with van der Waals surface area (Å²) < 4.78 is 18.5. The average molecular weight is 623 g/mol. The molecule has 1 aliphatic rings. The molecule has 3 heterocycles. The second kappa shape index (κ2) is 14.2. The summed E-state index contributed by atoms with van der Waals surface area (Å²) in [5.41, 5.74) is 9.94. The zero-order valence-corrected chi connectivity index (χ0v) is 26.0. The number of nitrogens with zero attached hydrogens (tertiary/aromatic N) is 4. The number of halogens is 1. The molecule has 0 aliphatic carbocycles.